The van der Waals surface area contributed by atoms with Gasteiger partial charge in [-0.3, -0.25) is 0 Å². The van der Waals surface area contributed by atoms with Gasteiger partial charge in [-0.05, 0) is 56.0 Å². The van der Waals surface area contributed by atoms with Gasteiger partial charge in [-0.15, -0.1) is 0 Å². The molecule has 0 bridgehead atoms. The second kappa shape index (κ2) is 10.4. The van der Waals surface area contributed by atoms with Crippen molar-refractivity contribution in [3.05, 3.63) is 34.3 Å². The van der Waals surface area contributed by atoms with E-state index in [1.807, 2.05) is 0 Å². The highest BCUT2D eigenvalue weighted by Gasteiger charge is 2.15. The van der Waals surface area contributed by atoms with E-state index < -0.39 is 0 Å². The summed E-state index contributed by atoms with van der Waals surface area (Å²) in [6.07, 6.45) is 7.96. The minimum Gasteiger partial charge on any atom is -0.319 e. The van der Waals surface area contributed by atoms with Crippen LogP contribution >= 0.6 is 15.9 Å². The topological polar surface area (TPSA) is 12.0 Å². The third-order valence-corrected chi connectivity index (χ3v) is 4.67. The lowest BCUT2D eigenvalue weighted by Crippen LogP contribution is -2.23. The lowest BCUT2D eigenvalue weighted by molar-refractivity contribution is 0.329. The van der Waals surface area contributed by atoms with E-state index in [1.165, 1.54) is 48.6 Å². The molecule has 0 radical (unpaired) electrons. The van der Waals surface area contributed by atoms with Crippen LogP contribution in [0.25, 0.3) is 0 Å². The number of halogens is 1. The number of hydrogen-bond donors (Lipinski definition) is 1. The van der Waals surface area contributed by atoms with Gasteiger partial charge < -0.3 is 5.32 Å². The van der Waals surface area contributed by atoms with Gasteiger partial charge in [-0.25, -0.2) is 0 Å². The summed E-state index contributed by atoms with van der Waals surface area (Å²) in [5.41, 5.74) is 1.46. The first kappa shape index (κ1) is 17.7. The number of unbranched alkanes of at least 4 members (excludes halogenated alkanes) is 1. The molecule has 0 aliphatic carbocycles. The maximum Gasteiger partial charge on any atom is 0.0175 e. The highest BCUT2D eigenvalue weighted by molar-refractivity contribution is 9.10. The zero-order chi connectivity index (χ0) is 14.8. The molecule has 20 heavy (non-hydrogen) atoms. The van der Waals surface area contributed by atoms with Crippen LogP contribution in [0.5, 0.6) is 0 Å². The highest BCUT2D eigenvalue weighted by atomic mass is 79.9. The molecular formula is C18H30BrN. The summed E-state index contributed by atoms with van der Waals surface area (Å²) in [5, 5.41) is 3.38. The fourth-order valence-electron chi connectivity index (χ4n) is 2.93. The summed E-state index contributed by atoms with van der Waals surface area (Å²) in [6.45, 7) is 5.76. The average Bonchev–Trinajstić information content (AvgIpc) is 2.46. The van der Waals surface area contributed by atoms with Crippen molar-refractivity contribution in [1.82, 2.24) is 5.32 Å². The standard InChI is InChI=1S/C18H30BrN/c1-4-6-7-15(5-2)12-17(14-20-3)13-16-8-10-18(19)11-9-16/h8-11,15,17,20H,4-7,12-14H2,1-3H3. The van der Waals surface area contributed by atoms with Crippen LogP contribution in [-0.4, -0.2) is 13.6 Å². The smallest absolute Gasteiger partial charge is 0.0175 e. The first-order valence-electron chi connectivity index (χ1n) is 8.08. The summed E-state index contributed by atoms with van der Waals surface area (Å²) < 4.78 is 1.17. The second-order valence-electron chi connectivity index (χ2n) is 5.91. The molecule has 1 N–H and O–H groups in total. The van der Waals surface area contributed by atoms with E-state index in [9.17, 15) is 0 Å². The molecule has 2 unspecified atom stereocenters. The molecule has 0 aromatic heterocycles. The van der Waals surface area contributed by atoms with Crippen LogP contribution in [0, 0.1) is 11.8 Å². The van der Waals surface area contributed by atoms with E-state index >= 15 is 0 Å². The number of nitrogens with one attached hydrogen (secondary N) is 1. The Morgan fingerprint density at radius 3 is 2.35 bits per heavy atom. The SMILES string of the molecule is CCCCC(CC)CC(CNC)Cc1ccc(Br)cc1. The van der Waals surface area contributed by atoms with Gasteiger partial charge in [-0.1, -0.05) is 67.6 Å². The van der Waals surface area contributed by atoms with E-state index in [-0.39, 0.29) is 0 Å². The number of rotatable bonds is 10. The molecule has 0 amide bonds. The van der Waals surface area contributed by atoms with Gasteiger partial charge in [0.1, 0.15) is 0 Å². The van der Waals surface area contributed by atoms with Gasteiger partial charge in [0, 0.05) is 4.47 Å². The normalized spacial score (nSPS) is 14.2. The fraction of sp³-hybridized carbons (Fsp3) is 0.667. The Labute approximate surface area is 133 Å². The predicted molar refractivity (Wildman–Crippen MR) is 93.2 cm³/mol. The molecular weight excluding hydrogens is 310 g/mol. The van der Waals surface area contributed by atoms with Crippen LogP contribution in [0.2, 0.25) is 0 Å². The maximum atomic E-state index is 3.51. The Hall–Kier alpha value is -0.340. The lowest BCUT2D eigenvalue weighted by Gasteiger charge is -2.23. The zero-order valence-corrected chi connectivity index (χ0v) is 14.9. The van der Waals surface area contributed by atoms with E-state index in [0.717, 1.165) is 18.4 Å². The molecule has 0 spiro atoms. The van der Waals surface area contributed by atoms with E-state index in [4.69, 9.17) is 0 Å². The largest absolute Gasteiger partial charge is 0.319 e. The Morgan fingerprint density at radius 1 is 1.10 bits per heavy atom. The molecule has 1 aromatic rings. The molecule has 1 nitrogen and oxygen atoms in total. The molecule has 1 rings (SSSR count). The molecule has 0 saturated carbocycles. The van der Waals surface area contributed by atoms with Crippen LogP contribution in [0.4, 0.5) is 0 Å². The van der Waals surface area contributed by atoms with Gasteiger partial charge in [-0.2, -0.15) is 0 Å². The summed E-state index contributed by atoms with van der Waals surface area (Å²) >= 11 is 3.51. The third-order valence-electron chi connectivity index (χ3n) is 4.14. The molecule has 0 aliphatic heterocycles. The van der Waals surface area contributed by atoms with Crippen LogP contribution in [-0.2, 0) is 6.42 Å². The molecule has 0 fully saturated rings. The Kier molecular flexibility index (Phi) is 9.21. The highest BCUT2D eigenvalue weighted by Crippen LogP contribution is 2.24. The summed E-state index contributed by atoms with van der Waals surface area (Å²) in [5.74, 6) is 1.65. The first-order valence-corrected chi connectivity index (χ1v) is 8.87. The quantitative estimate of drug-likeness (QED) is 0.598. The van der Waals surface area contributed by atoms with Gasteiger partial charge in [0.15, 0.2) is 0 Å². The number of hydrogen-bond acceptors (Lipinski definition) is 1. The Morgan fingerprint density at radius 2 is 1.80 bits per heavy atom. The van der Waals surface area contributed by atoms with Crippen molar-refractivity contribution < 1.29 is 0 Å². The van der Waals surface area contributed by atoms with E-state index in [2.05, 4.69) is 66.4 Å². The van der Waals surface area contributed by atoms with Gasteiger partial charge >= 0.3 is 0 Å². The van der Waals surface area contributed by atoms with Crippen molar-refractivity contribution in [3.8, 4) is 0 Å². The van der Waals surface area contributed by atoms with Gasteiger partial charge in [0.05, 0.1) is 0 Å². The molecule has 2 atom stereocenters. The molecule has 1 aromatic carbocycles. The monoisotopic (exact) mass is 339 g/mol. The van der Waals surface area contributed by atoms with Crippen molar-refractivity contribution in [3.63, 3.8) is 0 Å². The molecule has 0 saturated heterocycles. The molecule has 0 aliphatic rings. The fourth-order valence-corrected chi connectivity index (χ4v) is 3.20. The third kappa shape index (κ3) is 6.90. The van der Waals surface area contributed by atoms with Crippen molar-refractivity contribution in [1.29, 1.82) is 0 Å². The Balaban J connectivity index is 2.55. The summed E-state index contributed by atoms with van der Waals surface area (Å²) in [4.78, 5) is 0. The second-order valence-corrected chi connectivity index (χ2v) is 6.82. The summed E-state index contributed by atoms with van der Waals surface area (Å²) in [6, 6.07) is 8.81. The van der Waals surface area contributed by atoms with Crippen LogP contribution in [0.3, 0.4) is 0 Å². The summed E-state index contributed by atoms with van der Waals surface area (Å²) in [7, 11) is 2.07. The van der Waals surface area contributed by atoms with Crippen LogP contribution in [0.15, 0.2) is 28.7 Å². The minimum atomic E-state index is 0.753. The minimum absolute atomic E-state index is 0.753. The average molecular weight is 340 g/mol. The van der Waals surface area contributed by atoms with Crippen LogP contribution < -0.4 is 5.32 Å². The number of benzene rings is 1. The lowest BCUT2D eigenvalue weighted by atomic mass is 9.85. The molecule has 0 heterocycles. The Bertz CT molecular complexity index is 347. The van der Waals surface area contributed by atoms with Crippen LogP contribution in [0.1, 0.15) is 51.5 Å². The van der Waals surface area contributed by atoms with Crippen molar-refractivity contribution in [2.75, 3.05) is 13.6 Å². The first-order chi connectivity index (χ1) is 9.69. The van der Waals surface area contributed by atoms with Crippen molar-refractivity contribution >= 4 is 15.9 Å². The predicted octanol–water partition coefficient (Wildman–Crippen LogP) is 5.43. The molecule has 114 valence electrons. The van der Waals surface area contributed by atoms with Gasteiger partial charge in [0.25, 0.3) is 0 Å². The zero-order valence-electron chi connectivity index (χ0n) is 13.3. The van der Waals surface area contributed by atoms with Crippen molar-refractivity contribution in [2.24, 2.45) is 11.8 Å². The van der Waals surface area contributed by atoms with E-state index in [1.54, 1.807) is 0 Å². The maximum absolute atomic E-state index is 3.51. The molecule has 2 heteroatoms. The van der Waals surface area contributed by atoms with Crippen molar-refractivity contribution in [2.45, 2.75) is 52.4 Å². The van der Waals surface area contributed by atoms with E-state index in [0.29, 0.717) is 0 Å². The van der Waals surface area contributed by atoms with Gasteiger partial charge in [0.2, 0.25) is 0 Å².